The highest BCUT2D eigenvalue weighted by Gasteiger charge is 2.27. The zero-order valence-electron chi connectivity index (χ0n) is 12.3. The van der Waals surface area contributed by atoms with E-state index >= 15 is 0 Å². The summed E-state index contributed by atoms with van der Waals surface area (Å²) < 4.78 is 32.2. The van der Waals surface area contributed by atoms with Gasteiger partial charge in [-0.3, -0.25) is 0 Å². The van der Waals surface area contributed by atoms with Gasteiger partial charge in [-0.25, -0.2) is 8.42 Å². The predicted octanol–water partition coefficient (Wildman–Crippen LogP) is 1.35. The topological polar surface area (TPSA) is 72.6 Å². The van der Waals surface area contributed by atoms with E-state index in [9.17, 15) is 8.42 Å². The van der Waals surface area contributed by atoms with Gasteiger partial charge in [0, 0.05) is 26.2 Å². The maximum atomic E-state index is 12.6. The van der Waals surface area contributed by atoms with E-state index in [-0.39, 0.29) is 11.9 Å². The first-order chi connectivity index (χ1) is 10.1. The van der Waals surface area contributed by atoms with Gasteiger partial charge in [-0.15, -0.1) is 0 Å². The summed E-state index contributed by atoms with van der Waals surface area (Å²) in [6.45, 7) is 1.68. The van der Waals surface area contributed by atoms with Gasteiger partial charge in [0.15, 0.2) is 0 Å². The van der Waals surface area contributed by atoms with E-state index in [1.807, 2.05) is 30.3 Å². The lowest BCUT2D eigenvalue weighted by Gasteiger charge is -2.27. The zero-order chi connectivity index (χ0) is 15.1. The second-order valence-corrected chi connectivity index (χ2v) is 7.39. The molecule has 1 saturated heterocycles. The van der Waals surface area contributed by atoms with Crippen LogP contribution < -0.4 is 5.73 Å². The molecule has 1 aromatic carbocycles. The van der Waals surface area contributed by atoms with Crippen LogP contribution in [0, 0.1) is 0 Å². The molecule has 1 atom stereocenters. The van der Waals surface area contributed by atoms with E-state index in [1.165, 1.54) is 4.31 Å². The van der Waals surface area contributed by atoms with Gasteiger partial charge in [0.05, 0.1) is 11.9 Å². The quantitative estimate of drug-likeness (QED) is 0.825. The summed E-state index contributed by atoms with van der Waals surface area (Å²) >= 11 is 0. The summed E-state index contributed by atoms with van der Waals surface area (Å²) in [4.78, 5) is 0. The third-order valence-corrected chi connectivity index (χ3v) is 5.54. The summed E-state index contributed by atoms with van der Waals surface area (Å²) in [5.74, 6) is 0.0554. The normalized spacial score (nSPS) is 19.8. The fraction of sp³-hybridized carbons (Fsp3) is 0.600. The number of sulfonamides is 1. The molecule has 1 fully saturated rings. The first-order valence-corrected chi connectivity index (χ1v) is 9.06. The molecule has 1 aliphatic rings. The number of hydrogen-bond donors (Lipinski definition) is 1. The third kappa shape index (κ3) is 5.07. The van der Waals surface area contributed by atoms with Crippen LogP contribution in [0.1, 0.15) is 24.8 Å². The van der Waals surface area contributed by atoms with Crippen molar-refractivity contribution in [2.45, 2.75) is 31.9 Å². The summed E-state index contributed by atoms with van der Waals surface area (Å²) in [6.07, 6.45) is 2.70. The molecule has 1 aromatic rings. The van der Waals surface area contributed by atoms with Gasteiger partial charge >= 0.3 is 0 Å². The van der Waals surface area contributed by atoms with E-state index in [0.29, 0.717) is 26.2 Å². The average Bonchev–Trinajstić information content (AvgIpc) is 2.48. The first-order valence-electron chi connectivity index (χ1n) is 7.45. The lowest BCUT2D eigenvalue weighted by atomic mass is 10.1. The standard InChI is InChI=1S/C15H24N2O3S/c16-9-10-17(12-14-6-2-1-3-7-14)21(18,19)13-15-8-4-5-11-20-15/h1-3,6-7,15H,4-5,8-13,16H2. The Balaban J connectivity index is 2.04. The highest BCUT2D eigenvalue weighted by molar-refractivity contribution is 7.89. The molecule has 1 heterocycles. The van der Waals surface area contributed by atoms with Crippen molar-refractivity contribution >= 4 is 10.0 Å². The van der Waals surface area contributed by atoms with Crippen molar-refractivity contribution in [3.63, 3.8) is 0 Å². The third-order valence-electron chi connectivity index (χ3n) is 3.64. The Labute approximate surface area is 127 Å². The van der Waals surface area contributed by atoms with Crippen molar-refractivity contribution in [1.82, 2.24) is 4.31 Å². The molecule has 2 rings (SSSR count). The van der Waals surface area contributed by atoms with E-state index in [4.69, 9.17) is 10.5 Å². The molecule has 118 valence electrons. The van der Waals surface area contributed by atoms with E-state index in [2.05, 4.69) is 0 Å². The molecular weight excluding hydrogens is 288 g/mol. The Bertz CT molecular complexity index is 513. The fourth-order valence-electron chi connectivity index (χ4n) is 2.53. The molecule has 5 nitrogen and oxygen atoms in total. The molecule has 0 amide bonds. The lowest BCUT2D eigenvalue weighted by Crippen LogP contribution is -2.40. The van der Waals surface area contributed by atoms with Crippen LogP contribution in [-0.4, -0.2) is 44.3 Å². The number of nitrogens with two attached hydrogens (primary N) is 1. The molecule has 0 aromatic heterocycles. The molecule has 21 heavy (non-hydrogen) atoms. The maximum Gasteiger partial charge on any atom is 0.217 e. The van der Waals surface area contributed by atoms with Gasteiger partial charge in [0.2, 0.25) is 10.0 Å². The van der Waals surface area contributed by atoms with Crippen LogP contribution in [0.4, 0.5) is 0 Å². The van der Waals surface area contributed by atoms with Crippen LogP contribution in [0.3, 0.4) is 0 Å². The molecule has 0 saturated carbocycles. The largest absolute Gasteiger partial charge is 0.377 e. The first kappa shape index (κ1) is 16.4. The van der Waals surface area contributed by atoms with E-state index in [0.717, 1.165) is 24.8 Å². The Morgan fingerprint density at radius 2 is 2.00 bits per heavy atom. The van der Waals surface area contributed by atoms with Crippen molar-refractivity contribution in [2.75, 3.05) is 25.4 Å². The van der Waals surface area contributed by atoms with Gasteiger partial charge in [0.25, 0.3) is 0 Å². The average molecular weight is 312 g/mol. The summed E-state index contributed by atoms with van der Waals surface area (Å²) in [6, 6.07) is 9.59. The van der Waals surface area contributed by atoms with Crippen molar-refractivity contribution in [1.29, 1.82) is 0 Å². The molecule has 0 aliphatic carbocycles. The number of nitrogens with zero attached hydrogens (tertiary/aromatic N) is 1. The SMILES string of the molecule is NCCN(Cc1ccccc1)S(=O)(=O)CC1CCCCO1. The number of hydrogen-bond acceptors (Lipinski definition) is 4. The number of rotatable bonds is 7. The second-order valence-electron chi connectivity index (χ2n) is 5.37. The smallest absolute Gasteiger partial charge is 0.217 e. The van der Waals surface area contributed by atoms with Crippen molar-refractivity contribution in [2.24, 2.45) is 5.73 Å². The van der Waals surface area contributed by atoms with Crippen LogP contribution in [0.15, 0.2) is 30.3 Å². The van der Waals surface area contributed by atoms with Crippen molar-refractivity contribution < 1.29 is 13.2 Å². The number of benzene rings is 1. The summed E-state index contributed by atoms with van der Waals surface area (Å²) in [7, 11) is -3.35. The van der Waals surface area contributed by atoms with Gasteiger partial charge in [-0.1, -0.05) is 30.3 Å². The molecule has 1 unspecified atom stereocenters. The van der Waals surface area contributed by atoms with E-state index in [1.54, 1.807) is 0 Å². The molecule has 6 heteroatoms. The lowest BCUT2D eigenvalue weighted by molar-refractivity contribution is 0.0298. The van der Waals surface area contributed by atoms with Crippen LogP contribution in [0.2, 0.25) is 0 Å². The monoisotopic (exact) mass is 312 g/mol. The molecule has 1 aliphatic heterocycles. The van der Waals surface area contributed by atoms with Crippen molar-refractivity contribution in [3.05, 3.63) is 35.9 Å². The van der Waals surface area contributed by atoms with Crippen LogP contribution >= 0.6 is 0 Å². The Kier molecular flexibility index (Phi) is 6.17. The summed E-state index contributed by atoms with van der Waals surface area (Å²) in [5, 5.41) is 0. The minimum Gasteiger partial charge on any atom is -0.377 e. The highest BCUT2D eigenvalue weighted by Crippen LogP contribution is 2.17. The zero-order valence-corrected chi connectivity index (χ0v) is 13.1. The summed E-state index contributed by atoms with van der Waals surface area (Å²) in [5.41, 5.74) is 6.55. The minimum atomic E-state index is -3.35. The molecule has 0 spiro atoms. The number of ether oxygens (including phenoxy) is 1. The van der Waals surface area contributed by atoms with Gasteiger partial charge in [-0.05, 0) is 24.8 Å². The Morgan fingerprint density at radius 1 is 1.24 bits per heavy atom. The van der Waals surface area contributed by atoms with Gasteiger partial charge < -0.3 is 10.5 Å². The van der Waals surface area contributed by atoms with Crippen molar-refractivity contribution in [3.8, 4) is 0 Å². The Morgan fingerprint density at radius 3 is 2.62 bits per heavy atom. The van der Waals surface area contributed by atoms with Crippen LogP contribution in [0.25, 0.3) is 0 Å². The molecule has 0 bridgehead atoms. The maximum absolute atomic E-state index is 12.6. The molecular formula is C15H24N2O3S. The highest BCUT2D eigenvalue weighted by atomic mass is 32.2. The van der Waals surface area contributed by atoms with Crippen LogP contribution in [-0.2, 0) is 21.3 Å². The van der Waals surface area contributed by atoms with Crippen LogP contribution in [0.5, 0.6) is 0 Å². The van der Waals surface area contributed by atoms with Gasteiger partial charge in [-0.2, -0.15) is 4.31 Å². The molecule has 0 radical (unpaired) electrons. The minimum absolute atomic E-state index is 0.0554. The van der Waals surface area contributed by atoms with Gasteiger partial charge in [0.1, 0.15) is 0 Å². The fourth-order valence-corrected chi connectivity index (χ4v) is 4.20. The molecule has 2 N–H and O–H groups in total. The second kappa shape index (κ2) is 7.89. The van der Waals surface area contributed by atoms with E-state index < -0.39 is 10.0 Å². The Hall–Kier alpha value is -0.950. The predicted molar refractivity (Wildman–Crippen MR) is 83.3 cm³/mol.